The fourth-order valence-electron chi connectivity index (χ4n) is 2.79. The smallest absolute Gasteiger partial charge is 0.119 e. The maximum atomic E-state index is 10.2. The third kappa shape index (κ3) is 4.04. The molecule has 1 rings (SSSR count). The fourth-order valence-corrected chi connectivity index (χ4v) is 2.79. The van der Waals surface area contributed by atoms with Crippen LogP contribution in [0.15, 0.2) is 18.2 Å². The van der Waals surface area contributed by atoms with Gasteiger partial charge in [-0.25, -0.2) is 0 Å². The van der Waals surface area contributed by atoms with Crippen LogP contribution in [0.4, 0.5) is 0 Å². The molecule has 0 atom stereocenters. The van der Waals surface area contributed by atoms with Gasteiger partial charge in [0.25, 0.3) is 0 Å². The van der Waals surface area contributed by atoms with E-state index >= 15 is 0 Å². The van der Waals surface area contributed by atoms with Crippen molar-refractivity contribution in [3.05, 3.63) is 29.3 Å². The molecule has 0 amide bonds. The Labute approximate surface area is 112 Å². The summed E-state index contributed by atoms with van der Waals surface area (Å²) in [6.07, 6.45) is 8.26. The van der Waals surface area contributed by atoms with Crippen LogP contribution in [0.5, 0.6) is 5.75 Å². The van der Waals surface area contributed by atoms with Crippen molar-refractivity contribution in [1.82, 2.24) is 0 Å². The van der Waals surface area contributed by atoms with Gasteiger partial charge in [-0.1, -0.05) is 52.2 Å². The number of phenolic OH excluding ortho intramolecular Hbond substituents is 1. The zero-order valence-electron chi connectivity index (χ0n) is 12.2. The van der Waals surface area contributed by atoms with Crippen LogP contribution in [0.25, 0.3) is 0 Å². The van der Waals surface area contributed by atoms with Gasteiger partial charge in [-0.2, -0.15) is 0 Å². The van der Waals surface area contributed by atoms with E-state index in [4.69, 9.17) is 0 Å². The lowest BCUT2D eigenvalue weighted by molar-refractivity contribution is 0.448. The Kier molecular flexibility index (Phi) is 6.85. The highest BCUT2D eigenvalue weighted by atomic mass is 16.3. The number of hydrogen-bond acceptors (Lipinski definition) is 1. The van der Waals surface area contributed by atoms with E-state index < -0.39 is 0 Å². The van der Waals surface area contributed by atoms with Crippen LogP contribution in [-0.2, 0) is 6.42 Å². The zero-order chi connectivity index (χ0) is 13.4. The molecule has 1 aromatic carbocycles. The highest BCUT2D eigenvalue weighted by Gasteiger charge is 2.17. The van der Waals surface area contributed by atoms with E-state index in [0.717, 1.165) is 6.42 Å². The van der Waals surface area contributed by atoms with Crippen molar-refractivity contribution in [3.63, 3.8) is 0 Å². The minimum atomic E-state index is 0.510. The first kappa shape index (κ1) is 15.1. The van der Waals surface area contributed by atoms with Gasteiger partial charge in [0.2, 0.25) is 0 Å². The number of unbranched alkanes of at least 4 members (excludes halogenated alkanes) is 1. The molecule has 1 N–H and O–H groups in total. The normalized spacial score (nSPS) is 11.1. The summed E-state index contributed by atoms with van der Waals surface area (Å²) in [5, 5.41) is 10.2. The van der Waals surface area contributed by atoms with Gasteiger partial charge in [0, 0.05) is 5.56 Å². The summed E-state index contributed by atoms with van der Waals surface area (Å²) in [4.78, 5) is 0. The van der Waals surface area contributed by atoms with E-state index in [1.807, 2.05) is 12.1 Å². The molecule has 0 heterocycles. The topological polar surface area (TPSA) is 20.2 Å². The predicted molar refractivity (Wildman–Crippen MR) is 79.3 cm³/mol. The molecule has 0 fully saturated rings. The van der Waals surface area contributed by atoms with Gasteiger partial charge >= 0.3 is 0 Å². The molecule has 18 heavy (non-hydrogen) atoms. The Bertz CT molecular complexity index is 337. The Morgan fingerprint density at radius 2 is 1.67 bits per heavy atom. The SMILES string of the molecule is CCCCc1cccc(O)c1C(CCC)CCC. The van der Waals surface area contributed by atoms with Crippen LogP contribution in [0, 0.1) is 0 Å². The summed E-state index contributed by atoms with van der Waals surface area (Å²) in [6.45, 7) is 6.68. The first-order valence-corrected chi connectivity index (χ1v) is 7.55. The van der Waals surface area contributed by atoms with Crippen LogP contribution < -0.4 is 0 Å². The Hall–Kier alpha value is -0.980. The summed E-state index contributed by atoms with van der Waals surface area (Å²) in [5.74, 6) is 1.04. The van der Waals surface area contributed by atoms with Crippen molar-refractivity contribution < 1.29 is 5.11 Å². The average molecular weight is 248 g/mol. The molecule has 0 spiro atoms. The van der Waals surface area contributed by atoms with E-state index in [9.17, 15) is 5.11 Å². The van der Waals surface area contributed by atoms with E-state index in [2.05, 4.69) is 26.8 Å². The van der Waals surface area contributed by atoms with Crippen LogP contribution in [0.2, 0.25) is 0 Å². The third-order valence-corrected chi connectivity index (χ3v) is 3.66. The Balaban J connectivity index is 3.00. The molecule has 0 saturated heterocycles. The molecular formula is C17H28O. The lowest BCUT2D eigenvalue weighted by Crippen LogP contribution is -2.04. The van der Waals surface area contributed by atoms with Gasteiger partial charge in [0.05, 0.1) is 0 Å². The second-order valence-electron chi connectivity index (χ2n) is 5.23. The van der Waals surface area contributed by atoms with Crippen molar-refractivity contribution in [2.24, 2.45) is 0 Å². The van der Waals surface area contributed by atoms with Gasteiger partial charge in [0.1, 0.15) is 5.75 Å². The van der Waals surface area contributed by atoms with Crippen molar-refractivity contribution in [1.29, 1.82) is 0 Å². The van der Waals surface area contributed by atoms with Gasteiger partial charge in [-0.15, -0.1) is 0 Å². The summed E-state index contributed by atoms with van der Waals surface area (Å²) in [6, 6.07) is 6.03. The zero-order valence-corrected chi connectivity index (χ0v) is 12.2. The number of rotatable bonds is 8. The molecule has 0 radical (unpaired) electrons. The third-order valence-electron chi connectivity index (χ3n) is 3.66. The number of aromatic hydroxyl groups is 1. The van der Waals surface area contributed by atoms with Crippen molar-refractivity contribution in [2.75, 3.05) is 0 Å². The van der Waals surface area contributed by atoms with Crippen molar-refractivity contribution >= 4 is 0 Å². The van der Waals surface area contributed by atoms with E-state index in [1.54, 1.807) is 0 Å². The molecule has 0 aromatic heterocycles. The molecule has 1 heteroatoms. The summed E-state index contributed by atoms with van der Waals surface area (Å²) in [5.41, 5.74) is 2.60. The number of hydrogen-bond donors (Lipinski definition) is 1. The summed E-state index contributed by atoms with van der Waals surface area (Å²) in [7, 11) is 0. The Morgan fingerprint density at radius 3 is 2.22 bits per heavy atom. The molecule has 0 bridgehead atoms. The minimum absolute atomic E-state index is 0.510. The molecule has 0 aliphatic rings. The number of phenols is 1. The molecule has 1 nitrogen and oxygen atoms in total. The van der Waals surface area contributed by atoms with Crippen molar-refractivity contribution in [2.45, 2.75) is 71.6 Å². The highest BCUT2D eigenvalue weighted by molar-refractivity contribution is 5.42. The van der Waals surface area contributed by atoms with E-state index in [0.29, 0.717) is 11.7 Å². The van der Waals surface area contributed by atoms with Gasteiger partial charge in [0.15, 0.2) is 0 Å². The predicted octanol–water partition coefficient (Wildman–Crippen LogP) is 5.42. The monoisotopic (exact) mass is 248 g/mol. The highest BCUT2D eigenvalue weighted by Crippen LogP contribution is 2.36. The second-order valence-corrected chi connectivity index (χ2v) is 5.23. The van der Waals surface area contributed by atoms with Gasteiger partial charge in [-0.3, -0.25) is 0 Å². The molecule has 0 aliphatic carbocycles. The number of aryl methyl sites for hydroxylation is 1. The van der Waals surface area contributed by atoms with Gasteiger partial charge < -0.3 is 5.11 Å². The van der Waals surface area contributed by atoms with Gasteiger partial charge in [-0.05, 0) is 43.2 Å². The summed E-state index contributed by atoms with van der Waals surface area (Å²) < 4.78 is 0. The van der Waals surface area contributed by atoms with Crippen LogP contribution in [-0.4, -0.2) is 5.11 Å². The molecule has 0 saturated carbocycles. The molecule has 102 valence electrons. The van der Waals surface area contributed by atoms with Crippen LogP contribution >= 0.6 is 0 Å². The van der Waals surface area contributed by atoms with Crippen molar-refractivity contribution in [3.8, 4) is 5.75 Å². The fraction of sp³-hybridized carbons (Fsp3) is 0.647. The second kappa shape index (κ2) is 8.18. The first-order valence-electron chi connectivity index (χ1n) is 7.55. The average Bonchev–Trinajstić information content (AvgIpc) is 2.36. The minimum Gasteiger partial charge on any atom is -0.508 e. The van der Waals surface area contributed by atoms with Crippen LogP contribution in [0.1, 0.15) is 76.3 Å². The van der Waals surface area contributed by atoms with E-state index in [1.165, 1.54) is 49.7 Å². The van der Waals surface area contributed by atoms with Crippen LogP contribution in [0.3, 0.4) is 0 Å². The molecule has 0 unspecified atom stereocenters. The quantitative estimate of drug-likeness (QED) is 0.651. The maximum Gasteiger partial charge on any atom is 0.119 e. The standard InChI is InChI=1S/C17H28O/c1-4-7-11-15-12-8-13-16(18)17(15)14(9-5-2)10-6-3/h8,12-14,18H,4-7,9-11H2,1-3H3. The largest absolute Gasteiger partial charge is 0.508 e. The molecule has 1 aromatic rings. The van der Waals surface area contributed by atoms with E-state index in [-0.39, 0.29) is 0 Å². The Morgan fingerprint density at radius 1 is 1.00 bits per heavy atom. The first-order chi connectivity index (χ1) is 8.74. The molecule has 0 aliphatic heterocycles. The maximum absolute atomic E-state index is 10.2. The lowest BCUT2D eigenvalue weighted by Gasteiger charge is -2.21. The lowest BCUT2D eigenvalue weighted by atomic mass is 9.85. The number of benzene rings is 1. The molecular weight excluding hydrogens is 220 g/mol. The summed E-state index contributed by atoms with van der Waals surface area (Å²) >= 11 is 0.